The predicted octanol–water partition coefficient (Wildman–Crippen LogP) is 4.18. The van der Waals surface area contributed by atoms with Gasteiger partial charge >= 0.3 is 0 Å². The Kier molecular flexibility index (Phi) is 4.85. The molecule has 0 spiro atoms. The van der Waals surface area contributed by atoms with Crippen molar-refractivity contribution in [3.05, 3.63) is 53.9 Å². The minimum absolute atomic E-state index is 0.155. The molecule has 3 nitrogen and oxygen atoms in total. The second-order valence-electron chi connectivity index (χ2n) is 4.58. The third-order valence-electron chi connectivity index (χ3n) is 3.41. The van der Waals surface area contributed by atoms with Gasteiger partial charge in [-0.25, -0.2) is 0 Å². The van der Waals surface area contributed by atoms with Gasteiger partial charge < -0.3 is 9.47 Å². The highest BCUT2D eigenvalue weighted by atomic mass is 35.5. The fourth-order valence-corrected chi connectivity index (χ4v) is 2.48. The van der Waals surface area contributed by atoms with Crippen LogP contribution in [0, 0.1) is 0 Å². The molecule has 4 heteroatoms. The number of hydrogen-bond donors (Lipinski definition) is 0. The van der Waals surface area contributed by atoms with Crippen molar-refractivity contribution in [1.29, 1.82) is 0 Å². The largest absolute Gasteiger partial charge is 0.497 e. The van der Waals surface area contributed by atoms with Crippen LogP contribution in [0.1, 0.15) is 29.3 Å². The van der Waals surface area contributed by atoms with E-state index in [0.717, 1.165) is 22.6 Å². The lowest BCUT2D eigenvalue weighted by Crippen LogP contribution is -2.05. The number of nitrogens with zero attached hydrogens (tertiary/aromatic N) is 1. The summed E-state index contributed by atoms with van der Waals surface area (Å²) in [5, 5.41) is -0.182. The van der Waals surface area contributed by atoms with Crippen LogP contribution < -0.4 is 9.47 Å². The summed E-state index contributed by atoms with van der Waals surface area (Å²) in [7, 11) is 3.27. The highest BCUT2D eigenvalue weighted by Gasteiger charge is 2.22. The number of aromatic nitrogens is 1. The van der Waals surface area contributed by atoms with Gasteiger partial charge in [0.2, 0.25) is 0 Å². The Morgan fingerprint density at radius 1 is 1.05 bits per heavy atom. The molecule has 0 bridgehead atoms. The molecule has 0 amide bonds. The van der Waals surface area contributed by atoms with Crippen LogP contribution in [0.2, 0.25) is 0 Å². The number of hydrogen-bond acceptors (Lipinski definition) is 3. The first-order valence-electron chi connectivity index (χ1n) is 6.43. The standard InChI is InChI=1S/C16H18ClNO2/c1-11(12-6-8-18-9-7-12)16(17)14-5-4-13(19-2)10-15(14)20-3/h4-11,16H,1-3H3. The van der Waals surface area contributed by atoms with Crippen molar-refractivity contribution >= 4 is 11.6 Å². The summed E-state index contributed by atoms with van der Waals surface area (Å²) in [6.07, 6.45) is 3.56. The lowest BCUT2D eigenvalue weighted by molar-refractivity contribution is 0.389. The van der Waals surface area contributed by atoms with E-state index in [2.05, 4.69) is 11.9 Å². The molecular weight excluding hydrogens is 274 g/mol. The molecular formula is C16H18ClNO2. The van der Waals surface area contributed by atoms with Crippen LogP contribution in [-0.4, -0.2) is 19.2 Å². The quantitative estimate of drug-likeness (QED) is 0.774. The SMILES string of the molecule is COc1ccc(C(Cl)C(C)c2ccncc2)c(OC)c1. The molecule has 0 aliphatic carbocycles. The van der Waals surface area contributed by atoms with Gasteiger partial charge in [0, 0.05) is 29.9 Å². The van der Waals surface area contributed by atoms with Gasteiger partial charge in [0.1, 0.15) is 11.5 Å². The zero-order valence-corrected chi connectivity index (χ0v) is 12.6. The average molecular weight is 292 g/mol. The van der Waals surface area contributed by atoms with Gasteiger partial charge in [-0.2, -0.15) is 0 Å². The fraction of sp³-hybridized carbons (Fsp3) is 0.312. The minimum atomic E-state index is -0.182. The molecule has 0 aliphatic rings. The lowest BCUT2D eigenvalue weighted by atomic mass is 9.93. The molecule has 106 valence electrons. The van der Waals surface area contributed by atoms with Crippen molar-refractivity contribution < 1.29 is 9.47 Å². The number of alkyl halides is 1. The van der Waals surface area contributed by atoms with Crippen molar-refractivity contribution in [3.8, 4) is 11.5 Å². The first-order valence-corrected chi connectivity index (χ1v) is 6.87. The second kappa shape index (κ2) is 6.62. The molecule has 1 aromatic heterocycles. The summed E-state index contributed by atoms with van der Waals surface area (Å²) in [5.74, 6) is 1.65. The minimum Gasteiger partial charge on any atom is -0.497 e. The van der Waals surface area contributed by atoms with Crippen LogP contribution in [-0.2, 0) is 0 Å². The van der Waals surface area contributed by atoms with Gasteiger partial charge in [0.25, 0.3) is 0 Å². The van der Waals surface area contributed by atoms with Gasteiger partial charge in [-0.05, 0) is 23.8 Å². The molecule has 2 aromatic rings. The molecule has 2 atom stereocenters. The highest BCUT2D eigenvalue weighted by Crippen LogP contribution is 2.41. The average Bonchev–Trinajstić information content (AvgIpc) is 2.53. The lowest BCUT2D eigenvalue weighted by Gasteiger charge is -2.21. The number of rotatable bonds is 5. The fourth-order valence-electron chi connectivity index (χ4n) is 2.15. The number of pyridine rings is 1. The summed E-state index contributed by atoms with van der Waals surface area (Å²) in [4.78, 5) is 4.03. The third-order valence-corrected chi connectivity index (χ3v) is 4.02. The number of methoxy groups -OCH3 is 2. The maximum absolute atomic E-state index is 6.63. The van der Waals surface area contributed by atoms with Gasteiger partial charge in [-0.3, -0.25) is 4.98 Å². The van der Waals surface area contributed by atoms with Crippen molar-refractivity contribution in [2.45, 2.75) is 18.2 Å². The van der Waals surface area contributed by atoms with Crippen molar-refractivity contribution in [1.82, 2.24) is 4.98 Å². The normalized spacial score (nSPS) is 13.6. The molecule has 2 unspecified atom stereocenters. The van der Waals surface area contributed by atoms with E-state index in [1.54, 1.807) is 26.6 Å². The predicted molar refractivity (Wildman–Crippen MR) is 80.8 cm³/mol. The number of ether oxygens (including phenoxy) is 2. The Balaban J connectivity index is 2.31. The smallest absolute Gasteiger partial charge is 0.127 e. The second-order valence-corrected chi connectivity index (χ2v) is 5.05. The van der Waals surface area contributed by atoms with E-state index in [1.807, 2.05) is 30.3 Å². The van der Waals surface area contributed by atoms with Crippen LogP contribution in [0.5, 0.6) is 11.5 Å². The molecule has 0 saturated heterocycles. The molecule has 2 rings (SSSR count). The molecule has 1 aromatic carbocycles. The van der Waals surface area contributed by atoms with Crippen molar-refractivity contribution in [2.75, 3.05) is 14.2 Å². The van der Waals surface area contributed by atoms with Crippen LogP contribution in [0.25, 0.3) is 0 Å². The molecule has 0 N–H and O–H groups in total. The molecule has 20 heavy (non-hydrogen) atoms. The highest BCUT2D eigenvalue weighted by molar-refractivity contribution is 6.21. The van der Waals surface area contributed by atoms with E-state index in [-0.39, 0.29) is 11.3 Å². The van der Waals surface area contributed by atoms with Gasteiger partial charge in [0.05, 0.1) is 19.6 Å². The Morgan fingerprint density at radius 2 is 1.75 bits per heavy atom. The zero-order chi connectivity index (χ0) is 14.5. The van der Waals surface area contributed by atoms with Crippen LogP contribution in [0.4, 0.5) is 0 Å². The Morgan fingerprint density at radius 3 is 2.35 bits per heavy atom. The zero-order valence-electron chi connectivity index (χ0n) is 11.8. The summed E-state index contributed by atoms with van der Waals surface area (Å²) in [5.41, 5.74) is 2.11. The van der Waals surface area contributed by atoms with E-state index in [0.29, 0.717) is 0 Å². The van der Waals surface area contributed by atoms with E-state index in [1.165, 1.54) is 0 Å². The van der Waals surface area contributed by atoms with Gasteiger partial charge in [-0.15, -0.1) is 11.6 Å². The summed E-state index contributed by atoms with van der Waals surface area (Å²) in [6, 6.07) is 9.66. The summed E-state index contributed by atoms with van der Waals surface area (Å²) >= 11 is 6.63. The molecule has 1 heterocycles. The van der Waals surface area contributed by atoms with Gasteiger partial charge in [0.15, 0.2) is 0 Å². The Labute approximate surface area is 124 Å². The first kappa shape index (κ1) is 14.7. The number of benzene rings is 1. The third kappa shape index (κ3) is 3.05. The Hall–Kier alpha value is -1.74. The van der Waals surface area contributed by atoms with E-state index in [9.17, 15) is 0 Å². The summed E-state index contributed by atoms with van der Waals surface area (Å²) in [6.45, 7) is 2.09. The monoisotopic (exact) mass is 291 g/mol. The van der Waals surface area contributed by atoms with E-state index >= 15 is 0 Å². The van der Waals surface area contributed by atoms with Crippen molar-refractivity contribution in [3.63, 3.8) is 0 Å². The maximum atomic E-state index is 6.63. The van der Waals surface area contributed by atoms with Crippen molar-refractivity contribution in [2.24, 2.45) is 0 Å². The van der Waals surface area contributed by atoms with E-state index < -0.39 is 0 Å². The number of halogens is 1. The molecule has 0 aliphatic heterocycles. The summed E-state index contributed by atoms with van der Waals surface area (Å²) < 4.78 is 10.6. The molecule has 0 radical (unpaired) electrons. The van der Waals surface area contributed by atoms with Gasteiger partial charge in [-0.1, -0.05) is 13.0 Å². The Bertz CT molecular complexity index is 560. The maximum Gasteiger partial charge on any atom is 0.127 e. The van der Waals surface area contributed by atoms with E-state index in [4.69, 9.17) is 21.1 Å². The topological polar surface area (TPSA) is 31.4 Å². The van der Waals surface area contributed by atoms with Crippen LogP contribution in [0.3, 0.4) is 0 Å². The molecule has 0 saturated carbocycles. The molecule has 0 fully saturated rings. The van der Waals surface area contributed by atoms with Crippen LogP contribution in [0.15, 0.2) is 42.7 Å². The van der Waals surface area contributed by atoms with Crippen LogP contribution >= 0.6 is 11.6 Å². The first-order chi connectivity index (χ1) is 9.67.